The summed E-state index contributed by atoms with van der Waals surface area (Å²) in [6.07, 6.45) is 2.82. The van der Waals surface area contributed by atoms with Crippen molar-refractivity contribution in [3.63, 3.8) is 0 Å². The molecule has 2 aromatic rings. The molecule has 134 valence electrons. The molecule has 1 aliphatic heterocycles. The summed E-state index contributed by atoms with van der Waals surface area (Å²) >= 11 is 0. The zero-order valence-corrected chi connectivity index (χ0v) is 14.4. The molecule has 0 atom stereocenters. The molecule has 0 saturated heterocycles. The van der Waals surface area contributed by atoms with Crippen LogP contribution in [0.5, 0.6) is 5.75 Å². The molecule has 0 radical (unpaired) electrons. The van der Waals surface area contributed by atoms with E-state index in [0.29, 0.717) is 24.4 Å². The number of ether oxygens (including phenoxy) is 1. The van der Waals surface area contributed by atoms with E-state index >= 15 is 0 Å². The van der Waals surface area contributed by atoms with Gasteiger partial charge in [0.1, 0.15) is 5.75 Å². The van der Waals surface area contributed by atoms with Crippen LogP contribution in [0.4, 0.5) is 0 Å². The summed E-state index contributed by atoms with van der Waals surface area (Å²) in [7, 11) is 0. The maximum absolute atomic E-state index is 12.5. The predicted molar refractivity (Wildman–Crippen MR) is 99.1 cm³/mol. The molecule has 5 heteroatoms. The third kappa shape index (κ3) is 4.51. The molecule has 0 aliphatic carbocycles. The highest BCUT2D eigenvalue weighted by molar-refractivity contribution is 5.94. The van der Waals surface area contributed by atoms with Crippen molar-refractivity contribution in [1.82, 2.24) is 4.90 Å². The lowest BCUT2D eigenvalue weighted by atomic mass is 9.99. The van der Waals surface area contributed by atoms with Gasteiger partial charge in [-0.15, -0.1) is 0 Å². The number of carbonyl (C=O) groups excluding carboxylic acids is 1. The van der Waals surface area contributed by atoms with E-state index in [0.717, 1.165) is 12.0 Å². The van der Waals surface area contributed by atoms with Crippen LogP contribution in [0.1, 0.15) is 28.8 Å². The molecule has 26 heavy (non-hydrogen) atoms. The maximum atomic E-state index is 12.5. The molecule has 1 heterocycles. The summed E-state index contributed by atoms with van der Waals surface area (Å²) < 4.78 is 5.49. The van der Waals surface area contributed by atoms with Crippen LogP contribution in [-0.4, -0.2) is 41.6 Å². The van der Waals surface area contributed by atoms with Crippen LogP contribution in [-0.2, 0) is 4.79 Å². The summed E-state index contributed by atoms with van der Waals surface area (Å²) in [6.45, 7) is 1.40. The van der Waals surface area contributed by atoms with Gasteiger partial charge in [-0.05, 0) is 41.8 Å². The molecule has 0 spiro atoms. The van der Waals surface area contributed by atoms with Crippen LogP contribution in [0.25, 0.3) is 5.57 Å². The van der Waals surface area contributed by atoms with Gasteiger partial charge in [0, 0.05) is 18.7 Å². The minimum atomic E-state index is -0.876. The van der Waals surface area contributed by atoms with E-state index in [-0.39, 0.29) is 18.9 Å². The first kappa shape index (κ1) is 17.7. The van der Waals surface area contributed by atoms with E-state index in [9.17, 15) is 9.59 Å². The molecule has 1 N–H and O–H groups in total. The minimum absolute atomic E-state index is 0.0243. The van der Waals surface area contributed by atoms with E-state index in [1.165, 1.54) is 5.57 Å². The molecular formula is C21H21NO4. The standard InChI is InChI=1S/C21H21NO4/c23-20(24)11-14-26-19-8-4-7-18(15-19)16-9-12-22(13-10-16)21(25)17-5-2-1-3-6-17/h1-9,15H,10-14H2,(H,23,24). The Labute approximate surface area is 152 Å². The molecule has 0 aromatic heterocycles. The quantitative estimate of drug-likeness (QED) is 0.865. The zero-order valence-electron chi connectivity index (χ0n) is 14.4. The summed E-state index contributed by atoms with van der Waals surface area (Å²) in [5, 5.41) is 8.68. The predicted octanol–water partition coefficient (Wildman–Crippen LogP) is 3.47. The van der Waals surface area contributed by atoms with Crippen molar-refractivity contribution in [2.45, 2.75) is 12.8 Å². The number of hydrogen-bond acceptors (Lipinski definition) is 3. The van der Waals surface area contributed by atoms with Gasteiger partial charge in [-0.25, -0.2) is 0 Å². The topological polar surface area (TPSA) is 66.8 Å². The second-order valence-corrected chi connectivity index (χ2v) is 6.12. The van der Waals surface area contributed by atoms with Crippen molar-refractivity contribution in [2.24, 2.45) is 0 Å². The average molecular weight is 351 g/mol. The number of rotatable bonds is 6. The highest BCUT2D eigenvalue weighted by Gasteiger charge is 2.19. The van der Waals surface area contributed by atoms with Crippen molar-refractivity contribution in [2.75, 3.05) is 19.7 Å². The molecule has 5 nitrogen and oxygen atoms in total. The van der Waals surface area contributed by atoms with Crippen LogP contribution in [0, 0.1) is 0 Å². The lowest BCUT2D eigenvalue weighted by molar-refractivity contribution is -0.137. The Hall–Kier alpha value is -3.08. The largest absolute Gasteiger partial charge is 0.493 e. The van der Waals surface area contributed by atoms with E-state index < -0.39 is 5.97 Å². The van der Waals surface area contributed by atoms with Crippen molar-refractivity contribution in [3.05, 3.63) is 71.8 Å². The molecule has 0 saturated carbocycles. The Morgan fingerprint density at radius 2 is 1.88 bits per heavy atom. The number of carbonyl (C=O) groups is 2. The van der Waals surface area contributed by atoms with Crippen LogP contribution in [0.2, 0.25) is 0 Å². The number of nitrogens with zero attached hydrogens (tertiary/aromatic N) is 1. The van der Waals surface area contributed by atoms with Crippen molar-refractivity contribution < 1.29 is 19.4 Å². The zero-order chi connectivity index (χ0) is 18.4. The second-order valence-electron chi connectivity index (χ2n) is 6.12. The van der Waals surface area contributed by atoms with Gasteiger partial charge in [0.05, 0.1) is 13.0 Å². The van der Waals surface area contributed by atoms with E-state index in [1.54, 1.807) is 0 Å². The highest BCUT2D eigenvalue weighted by Crippen LogP contribution is 2.26. The smallest absolute Gasteiger partial charge is 0.306 e. The Bertz CT molecular complexity index is 814. The molecule has 1 amide bonds. The molecule has 0 bridgehead atoms. The Morgan fingerprint density at radius 3 is 2.58 bits per heavy atom. The van der Waals surface area contributed by atoms with Gasteiger partial charge in [-0.2, -0.15) is 0 Å². The molecular weight excluding hydrogens is 330 g/mol. The normalized spacial score (nSPS) is 13.8. The fourth-order valence-corrected chi connectivity index (χ4v) is 2.92. The first-order valence-corrected chi connectivity index (χ1v) is 8.62. The van der Waals surface area contributed by atoms with E-state index in [2.05, 4.69) is 6.08 Å². The summed E-state index contributed by atoms with van der Waals surface area (Å²) in [4.78, 5) is 24.9. The summed E-state index contributed by atoms with van der Waals surface area (Å²) in [5.41, 5.74) is 2.92. The van der Waals surface area contributed by atoms with Gasteiger partial charge in [0.2, 0.25) is 0 Å². The van der Waals surface area contributed by atoms with Gasteiger partial charge >= 0.3 is 5.97 Å². The number of benzene rings is 2. The fourth-order valence-electron chi connectivity index (χ4n) is 2.92. The molecule has 0 fully saturated rings. The van der Waals surface area contributed by atoms with E-state index in [4.69, 9.17) is 9.84 Å². The minimum Gasteiger partial charge on any atom is -0.493 e. The van der Waals surface area contributed by atoms with Crippen LogP contribution in [0.15, 0.2) is 60.7 Å². The number of aliphatic carboxylic acids is 1. The highest BCUT2D eigenvalue weighted by atomic mass is 16.5. The van der Waals surface area contributed by atoms with Gasteiger partial charge in [-0.3, -0.25) is 9.59 Å². The molecule has 3 rings (SSSR count). The third-order valence-corrected chi connectivity index (χ3v) is 4.31. The second kappa shape index (κ2) is 8.34. The number of carboxylic acids is 1. The van der Waals surface area contributed by atoms with Crippen molar-refractivity contribution >= 4 is 17.4 Å². The lowest BCUT2D eigenvalue weighted by Gasteiger charge is -2.27. The summed E-state index contributed by atoms with van der Waals surface area (Å²) in [6, 6.07) is 16.9. The van der Waals surface area contributed by atoms with Gasteiger partial charge in [0.25, 0.3) is 5.91 Å². The first-order chi connectivity index (χ1) is 12.6. The van der Waals surface area contributed by atoms with Gasteiger partial charge < -0.3 is 14.7 Å². The van der Waals surface area contributed by atoms with Crippen LogP contribution >= 0.6 is 0 Å². The van der Waals surface area contributed by atoms with Gasteiger partial charge in [-0.1, -0.05) is 36.4 Å². The number of carboxylic acid groups (broad SMARTS) is 1. The first-order valence-electron chi connectivity index (χ1n) is 8.62. The SMILES string of the molecule is O=C(O)CCOc1cccc(C2=CCN(C(=O)c3ccccc3)CC2)c1. The number of amides is 1. The fraction of sp³-hybridized carbons (Fsp3) is 0.238. The van der Waals surface area contributed by atoms with Crippen LogP contribution < -0.4 is 4.74 Å². The van der Waals surface area contributed by atoms with Gasteiger partial charge in [0.15, 0.2) is 0 Å². The monoisotopic (exact) mass is 351 g/mol. The molecule has 2 aromatic carbocycles. The van der Waals surface area contributed by atoms with Crippen LogP contribution in [0.3, 0.4) is 0 Å². The Balaban J connectivity index is 1.63. The van der Waals surface area contributed by atoms with E-state index in [1.807, 2.05) is 59.5 Å². The summed E-state index contributed by atoms with van der Waals surface area (Å²) in [5.74, 6) is -0.168. The van der Waals surface area contributed by atoms with Crippen molar-refractivity contribution in [3.8, 4) is 5.75 Å². The third-order valence-electron chi connectivity index (χ3n) is 4.31. The average Bonchev–Trinajstić information content (AvgIpc) is 2.68. The Morgan fingerprint density at radius 1 is 1.08 bits per heavy atom. The lowest BCUT2D eigenvalue weighted by Crippen LogP contribution is -2.34. The number of hydrogen-bond donors (Lipinski definition) is 1. The molecule has 0 unspecified atom stereocenters. The Kier molecular flexibility index (Phi) is 5.69. The maximum Gasteiger partial charge on any atom is 0.306 e. The molecule has 1 aliphatic rings. The van der Waals surface area contributed by atoms with Crippen molar-refractivity contribution in [1.29, 1.82) is 0 Å².